The Labute approximate surface area is 226 Å². The molecule has 5 rings (SSSR count). The largest absolute Gasteiger partial charge is 0.351 e. The lowest BCUT2D eigenvalue weighted by Gasteiger charge is -2.18. The standard InChI is InChI=1S/C31H25Cl2N3O/c32-27-17-16-25(20-28(27)33)36-30(21-29(35-36)24-14-8-3-9-15-24)31(37)34-19-18-26(22-10-4-1-5-11-22)23-12-6-2-7-13-23/h1-17,20-21,26H,18-19H2,(H,34,37). The van der Waals surface area contributed by atoms with E-state index in [4.69, 9.17) is 28.3 Å². The molecular weight excluding hydrogens is 501 g/mol. The molecule has 1 heterocycles. The smallest absolute Gasteiger partial charge is 0.270 e. The Hall–Kier alpha value is -3.86. The van der Waals surface area contributed by atoms with E-state index in [0.717, 1.165) is 12.0 Å². The molecule has 0 aliphatic carbocycles. The van der Waals surface area contributed by atoms with Gasteiger partial charge in [-0.05, 0) is 41.8 Å². The Kier molecular flexibility index (Phi) is 7.69. The molecular formula is C31H25Cl2N3O. The number of rotatable bonds is 8. The third-order valence-corrected chi connectivity index (χ3v) is 7.02. The molecule has 1 amide bonds. The number of aromatic nitrogens is 2. The first-order valence-electron chi connectivity index (χ1n) is 12.1. The fourth-order valence-corrected chi connectivity index (χ4v) is 4.72. The van der Waals surface area contributed by atoms with E-state index < -0.39 is 0 Å². The van der Waals surface area contributed by atoms with E-state index >= 15 is 0 Å². The molecule has 4 nitrogen and oxygen atoms in total. The van der Waals surface area contributed by atoms with Gasteiger partial charge in [0.2, 0.25) is 0 Å². The molecule has 0 aliphatic heterocycles. The topological polar surface area (TPSA) is 46.9 Å². The molecule has 0 fully saturated rings. The molecule has 0 radical (unpaired) electrons. The van der Waals surface area contributed by atoms with E-state index in [1.165, 1.54) is 11.1 Å². The van der Waals surface area contributed by atoms with Gasteiger partial charge in [-0.25, -0.2) is 4.68 Å². The van der Waals surface area contributed by atoms with Crippen LogP contribution < -0.4 is 5.32 Å². The van der Waals surface area contributed by atoms with Crippen molar-refractivity contribution in [1.82, 2.24) is 15.1 Å². The zero-order valence-electron chi connectivity index (χ0n) is 20.0. The molecule has 0 spiro atoms. The molecule has 0 unspecified atom stereocenters. The molecule has 6 heteroatoms. The maximum atomic E-state index is 13.5. The van der Waals surface area contributed by atoms with Crippen molar-refractivity contribution in [1.29, 1.82) is 0 Å². The second-order valence-corrected chi connectivity index (χ2v) is 9.52. The van der Waals surface area contributed by atoms with Gasteiger partial charge in [0.15, 0.2) is 0 Å². The summed E-state index contributed by atoms with van der Waals surface area (Å²) in [6, 6.07) is 37.5. The summed E-state index contributed by atoms with van der Waals surface area (Å²) in [6.45, 7) is 0.501. The average Bonchev–Trinajstić information content (AvgIpc) is 3.40. The van der Waals surface area contributed by atoms with E-state index in [1.807, 2.05) is 66.7 Å². The van der Waals surface area contributed by atoms with Gasteiger partial charge in [-0.2, -0.15) is 5.10 Å². The Bertz CT molecular complexity index is 1450. The van der Waals surface area contributed by atoms with Crippen LogP contribution in [0.2, 0.25) is 10.0 Å². The van der Waals surface area contributed by atoms with Crippen LogP contribution in [0.25, 0.3) is 16.9 Å². The summed E-state index contributed by atoms with van der Waals surface area (Å²) in [4.78, 5) is 13.5. The quantitative estimate of drug-likeness (QED) is 0.224. The molecule has 4 aromatic carbocycles. The van der Waals surface area contributed by atoms with Crippen LogP contribution >= 0.6 is 23.2 Å². The lowest BCUT2D eigenvalue weighted by atomic mass is 9.88. The minimum absolute atomic E-state index is 0.169. The van der Waals surface area contributed by atoms with Crippen LogP contribution in [0.15, 0.2) is 115 Å². The summed E-state index contributed by atoms with van der Waals surface area (Å²) in [5.74, 6) is -0.0387. The van der Waals surface area contributed by atoms with Crippen molar-refractivity contribution in [2.75, 3.05) is 6.54 Å². The van der Waals surface area contributed by atoms with Crippen molar-refractivity contribution >= 4 is 29.1 Å². The third-order valence-electron chi connectivity index (χ3n) is 6.28. The van der Waals surface area contributed by atoms with Gasteiger partial charge in [-0.1, -0.05) is 114 Å². The van der Waals surface area contributed by atoms with Crippen molar-refractivity contribution in [2.24, 2.45) is 0 Å². The first-order valence-corrected chi connectivity index (χ1v) is 12.8. The maximum absolute atomic E-state index is 13.5. The van der Waals surface area contributed by atoms with Crippen molar-refractivity contribution in [3.8, 4) is 16.9 Å². The first kappa shape index (κ1) is 24.8. The third kappa shape index (κ3) is 5.77. The predicted molar refractivity (Wildman–Crippen MR) is 151 cm³/mol. The zero-order valence-corrected chi connectivity index (χ0v) is 21.5. The number of amides is 1. The minimum Gasteiger partial charge on any atom is -0.351 e. The molecule has 0 saturated heterocycles. The Morgan fingerprint density at radius 3 is 1.95 bits per heavy atom. The summed E-state index contributed by atoms with van der Waals surface area (Å²) in [5.41, 5.74) is 5.14. The molecule has 184 valence electrons. The van der Waals surface area contributed by atoms with Crippen LogP contribution in [-0.2, 0) is 0 Å². The first-order chi connectivity index (χ1) is 18.1. The number of benzene rings is 4. The number of carbonyl (C=O) groups is 1. The number of nitrogens with zero attached hydrogens (tertiary/aromatic N) is 2. The van der Waals surface area contributed by atoms with Crippen molar-refractivity contribution in [3.63, 3.8) is 0 Å². The fourth-order valence-electron chi connectivity index (χ4n) is 4.42. The zero-order chi connectivity index (χ0) is 25.6. The summed E-state index contributed by atoms with van der Waals surface area (Å²) in [6.07, 6.45) is 0.756. The minimum atomic E-state index is -0.208. The average molecular weight is 526 g/mol. The summed E-state index contributed by atoms with van der Waals surface area (Å²) in [7, 11) is 0. The highest BCUT2D eigenvalue weighted by atomic mass is 35.5. The van der Waals surface area contributed by atoms with Crippen LogP contribution in [0.3, 0.4) is 0 Å². The van der Waals surface area contributed by atoms with Crippen LogP contribution in [-0.4, -0.2) is 22.2 Å². The van der Waals surface area contributed by atoms with Crippen LogP contribution in [0.1, 0.15) is 34.0 Å². The number of halogens is 2. The van der Waals surface area contributed by atoms with Gasteiger partial charge in [0.05, 0.1) is 21.4 Å². The Balaban J connectivity index is 1.40. The van der Waals surface area contributed by atoms with E-state index in [9.17, 15) is 4.79 Å². The van der Waals surface area contributed by atoms with Gasteiger partial charge in [-0.15, -0.1) is 0 Å². The summed E-state index contributed by atoms with van der Waals surface area (Å²) < 4.78 is 1.62. The van der Waals surface area contributed by atoms with Gasteiger partial charge >= 0.3 is 0 Å². The monoisotopic (exact) mass is 525 g/mol. The number of hydrogen-bond donors (Lipinski definition) is 1. The molecule has 0 saturated carbocycles. The van der Waals surface area contributed by atoms with Gasteiger partial charge < -0.3 is 5.32 Å². The summed E-state index contributed by atoms with van der Waals surface area (Å²) >= 11 is 12.4. The van der Waals surface area contributed by atoms with Gasteiger partial charge in [0, 0.05) is 18.0 Å². The highest BCUT2D eigenvalue weighted by molar-refractivity contribution is 6.42. The van der Waals surface area contributed by atoms with Crippen LogP contribution in [0, 0.1) is 0 Å². The number of carbonyl (C=O) groups excluding carboxylic acids is 1. The highest BCUT2D eigenvalue weighted by Gasteiger charge is 2.20. The SMILES string of the molecule is O=C(NCCC(c1ccccc1)c1ccccc1)c1cc(-c2ccccc2)nn1-c1ccc(Cl)c(Cl)c1. The number of hydrogen-bond acceptors (Lipinski definition) is 2. The van der Waals surface area contributed by atoms with Crippen molar-refractivity contribution in [3.05, 3.63) is 142 Å². The highest BCUT2D eigenvalue weighted by Crippen LogP contribution is 2.29. The maximum Gasteiger partial charge on any atom is 0.270 e. The van der Waals surface area contributed by atoms with Crippen LogP contribution in [0.5, 0.6) is 0 Å². The molecule has 0 aliphatic rings. The van der Waals surface area contributed by atoms with Crippen molar-refractivity contribution < 1.29 is 4.79 Å². The predicted octanol–water partition coefficient (Wildman–Crippen LogP) is 7.80. The second-order valence-electron chi connectivity index (χ2n) is 8.71. The van der Waals surface area contributed by atoms with Crippen molar-refractivity contribution in [2.45, 2.75) is 12.3 Å². The molecule has 5 aromatic rings. The lowest BCUT2D eigenvalue weighted by Crippen LogP contribution is -2.28. The second kappa shape index (κ2) is 11.5. The van der Waals surface area contributed by atoms with E-state index in [-0.39, 0.29) is 11.8 Å². The van der Waals surface area contributed by atoms with Crippen LogP contribution in [0.4, 0.5) is 0 Å². The molecule has 1 N–H and O–H groups in total. The van der Waals surface area contributed by atoms with E-state index in [0.29, 0.717) is 33.7 Å². The van der Waals surface area contributed by atoms with E-state index in [1.54, 1.807) is 28.9 Å². The molecule has 1 aromatic heterocycles. The molecule has 37 heavy (non-hydrogen) atoms. The van der Waals surface area contributed by atoms with Gasteiger partial charge in [-0.3, -0.25) is 4.79 Å². The number of nitrogens with one attached hydrogen (secondary N) is 1. The fraction of sp³-hybridized carbons (Fsp3) is 0.0968. The normalized spacial score (nSPS) is 11.0. The lowest BCUT2D eigenvalue weighted by molar-refractivity contribution is 0.0945. The Morgan fingerprint density at radius 2 is 1.35 bits per heavy atom. The van der Waals surface area contributed by atoms with Gasteiger partial charge in [0.25, 0.3) is 5.91 Å². The Morgan fingerprint density at radius 1 is 0.757 bits per heavy atom. The summed E-state index contributed by atoms with van der Waals surface area (Å²) in [5, 5.41) is 8.69. The molecule has 0 atom stereocenters. The molecule has 0 bridgehead atoms. The van der Waals surface area contributed by atoms with E-state index in [2.05, 4.69) is 29.6 Å². The van der Waals surface area contributed by atoms with Gasteiger partial charge in [0.1, 0.15) is 5.69 Å².